The molecule has 5 nitrogen and oxygen atoms in total. The fourth-order valence-corrected chi connectivity index (χ4v) is 0.393. The monoisotopic (exact) mass is 140 g/mol. The molecule has 0 bridgehead atoms. The van der Waals surface area contributed by atoms with Crippen LogP contribution in [0.4, 0.5) is 5.82 Å². The van der Waals surface area contributed by atoms with Crippen LogP contribution in [0.25, 0.3) is 0 Å². The highest BCUT2D eigenvalue weighted by molar-refractivity contribution is 5.19. The van der Waals surface area contributed by atoms with E-state index >= 15 is 0 Å². The van der Waals surface area contributed by atoms with Crippen molar-refractivity contribution >= 4 is 5.82 Å². The number of aromatic nitrogens is 1. The minimum absolute atomic E-state index is 0.480. The van der Waals surface area contributed by atoms with Gasteiger partial charge in [-0.15, -0.1) is 5.11 Å². The van der Waals surface area contributed by atoms with Gasteiger partial charge >= 0.3 is 0 Å². The van der Waals surface area contributed by atoms with Crippen molar-refractivity contribution in [1.29, 1.82) is 0 Å². The standard InChI is InChI=1S/C5H8N4O/c1-9(2)8-6-5-3-4-10-7-5/h3-4H,1-2H3. The predicted octanol–water partition coefficient (Wildman–Crippen LogP) is 1.23. The third-order valence-corrected chi connectivity index (χ3v) is 0.750. The summed E-state index contributed by atoms with van der Waals surface area (Å²) in [7, 11) is 3.56. The second-order valence-electron chi connectivity index (χ2n) is 1.89. The summed E-state index contributed by atoms with van der Waals surface area (Å²) in [5.74, 6) is 0.480. The van der Waals surface area contributed by atoms with E-state index < -0.39 is 0 Å². The van der Waals surface area contributed by atoms with Gasteiger partial charge in [-0.05, 0) is 0 Å². The van der Waals surface area contributed by atoms with Crippen molar-refractivity contribution < 1.29 is 4.52 Å². The second-order valence-corrected chi connectivity index (χ2v) is 1.89. The molecule has 0 spiro atoms. The molecular formula is C5H8N4O. The van der Waals surface area contributed by atoms with E-state index in [4.69, 9.17) is 0 Å². The first kappa shape index (κ1) is 6.73. The highest BCUT2D eigenvalue weighted by Crippen LogP contribution is 2.06. The molecule has 54 valence electrons. The maximum Gasteiger partial charge on any atom is 0.218 e. The van der Waals surface area contributed by atoms with Gasteiger partial charge in [-0.25, -0.2) is 0 Å². The molecule has 0 aromatic carbocycles. The normalized spacial score (nSPS) is 10.6. The van der Waals surface area contributed by atoms with Crippen molar-refractivity contribution in [2.45, 2.75) is 0 Å². The Morgan fingerprint density at radius 2 is 2.40 bits per heavy atom. The van der Waals surface area contributed by atoms with Gasteiger partial charge in [0.25, 0.3) is 0 Å². The van der Waals surface area contributed by atoms with Crippen molar-refractivity contribution in [2.75, 3.05) is 14.1 Å². The van der Waals surface area contributed by atoms with Crippen LogP contribution in [0.1, 0.15) is 0 Å². The zero-order valence-electron chi connectivity index (χ0n) is 5.85. The first-order valence-corrected chi connectivity index (χ1v) is 2.78. The zero-order chi connectivity index (χ0) is 7.40. The molecule has 0 amide bonds. The third kappa shape index (κ3) is 1.85. The Bertz CT molecular complexity index is 203. The molecule has 0 unspecified atom stereocenters. The number of hydrogen-bond donors (Lipinski definition) is 0. The molecule has 0 atom stereocenters. The van der Waals surface area contributed by atoms with Gasteiger partial charge in [-0.2, -0.15) is 0 Å². The maximum absolute atomic E-state index is 4.52. The van der Waals surface area contributed by atoms with E-state index in [0.29, 0.717) is 5.82 Å². The lowest BCUT2D eigenvalue weighted by Gasteiger charge is -1.97. The van der Waals surface area contributed by atoms with Crippen LogP contribution in [0, 0.1) is 0 Å². The van der Waals surface area contributed by atoms with Gasteiger partial charge in [0.15, 0.2) is 0 Å². The average molecular weight is 140 g/mol. The van der Waals surface area contributed by atoms with E-state index in [-0.39, 0.29) is 0 Å². The van der Waals surface area contributed by atoms with E-state index in [0.717, 1.165) is 0 Å². The molecule has 1 aromatic rings. The molecule has 1 aromatic heterocycles. The van der Waals surface area contributed by atoms with Crippen molar-refractivity contribution in [2.24, 2.45) is 10.3 Å². The lowest BCUT2D eigenvalue weighted by Crippen LogP contribution is -1.98. The van der Waals surface area contributed by atoms with Gasteiger partial charge < -0.3 is 4.52 Å². The fourth-order valence-electron chi connectivity index (χ4n) is 0.393. The van der Waals surface area contributed by atoms with Gasteiger partial charge in [0.05, 0.1) is 0 Å². The fraction of sp³-hybridized carbons (Fsp3) is 0.400. The van der Waals surface area contributed by atoms with Gasteiger partial charge in [0.2, 0.25) is 5.82 Å². The summed E-state index contributed by atoms with van der Waals surface area (Å²) in [5, 5.41) is 12.5. The minimum atomic E-state index is 0.480. The Labute approximate surface area is 58.3 Å². The van der Waals surface area contributed by atoms with Crippen molar-refractivity contribution in [3.63, 3.8) is 0 Å². The predicted molar refractivity (Wildman–Crippen MR) is 34.7 cm³/mol. The summed E-state index contributed by atoms with van der Waals surface area (Å²) in [6.45, 7) is 0. The first-order valence-electron chi connectivity index (χ1n) is 2.78. The molecule has 0 saturated carbocycles. The molecule has 0 radical (unpaired) electrons. The van der Waals surface area contributed by atoms with Crippen LogP contribution < -0.4 is 0 Å². The Morgan fingerprint density at radius 1 is 1.60 bits per heavy atom. The van der Waals surface area contributed by atoms with Crippen LogP contribution in [0.2, 0.25) is 0 Å². The molecule has 0 aliphatic heterocycles. The average Bonchev–Trinajstić information content (AvgIpc) is 2.34. The van der Waals surface area contributed by atoms with E-state index in [1.165, 1.54) is 6.26 Å². The van der Waals surface area contributed by atoms with E-state index in [1.54, 1.807) is 25.2 Å². The van der Waals surface area contributed by atoms with Crippen molar-refractivity contribution in [3.05, 3.63) is 12.3 Å². The summed E-state index contributed by atoms with van der Waals surface area (Å²) in [4.78, 5) is 0. The first-order chi connectivity index (χ1) is 4.79. The van der Waals surface area contributed by atoms with Crippen LogP contribution in [0.15, 0.2) is 27.2 Å². The summed E-state index contributed by atoms with van der Waals surface area (Å²) >= 11 is 0. The van der Waals surface area contributed by atoms with Crippen LogP contribution in [0.3, 0.4) is 0 Å². The Balaban J connectivity index is 2.55. The van der Waals surface area contributed by atoms with Gasteiger partial charge in [-0.3, -0.25) is 5.01 Å². The highest BCUT2D eigenvalue weighted by Gasteiger charge is 1.89. The largest absolute Gasteiger partial charge is 0.362 e. The summed E-state index contributed by atoms with van der Waals surface area (Å²) in [5.41, 5.74) is 0. The van der Waals surface area contributed by atoms with E-state index in [9.17, 15) is 0 Å². The van der Waals surface area contributed by atoms with Crippen LogP contribution in [0.5, 0.6) is 0 Å². The lowest BCUT2D eigenvalue weighted by atomic mass is 10.7. The summed E-state index contributed by atoms with van der Waals surface area (Å²) in [6.07, 6.45) is 1.45. The smallest absolute Gasteiger partial charge is 0.218 e. The SMILES string of the molecule is CN(C)N=Nc1ccon1. The molecule has 0 saturated heterocycles. The maximum atomic E-state index is 4.52. The molecule has 10 heavy (non-hydrogen) atoms. The Hall–Kier alpha value is -1.39. The van der Waals surface area contributed by atoms with Crippen LogP contribution in [-0.2, 0) is 0 Å². The van der Waals surface area contributed by atoms with Gasteiger partial charge in [0, 0.05) is 20.2 Å². The van der Waals surface area contributed by atoms with Gasteiger partial charge in [-0.1, -0.05) is 10.4 Å². The van der Waals surface area contributed by atoms with E-state index in [2.05, 4.69) is 20.0 Å². The lowest BCUT2D eigenvalue weighted by molar-refractivity contribution is 0.398. The zero-order valence-corrected chi connectivity index (χ0v) is 5.85. The number of nitrogens with zero attached hydrogens (tertiary/aromatic N) is 4. The van der Waals surface area contributed by atoms with Crippen molar-refractivity contribution in [1.82, 2.24) is 10.2 Å². The molecule has 0 aliphatic rings. The Kier molecular flexibility index (Phi) is 1.99. The molecule has 0 fully saturated rings. The molecular weight excluding hydrogens is 132 g/mol. The van der Waals surface area contributed by atoms with Crippen LogP contribution in [-0.4, -0.2) is 24.3 Å². The minimum Gasteiger partial charge on any atom is -0.362 e. The van der Waals surface area contributed by atoms with E-state index in [1.807, 2.05) is 0 Å². The summed E-state index contributed by atoms with van der Waals surface area (Å²) < 4.78 is 4.52. The molecule has 0 aliphatic carbocycles. The Morgan fingerprint density at radius 3 is 2.90 bits per heavy atom. The molecule has 1 rings (SSSR count). The number of rotatable bonds is 2. The third-order valence-electron chi connectivity index (χ3n) is 0.750. The second kappa shape index (κ2) is 2.95. The van der Waals surface area contributed by atoms with Crippen molar-refractivity contribution in [3.8, 4) is 0 Å². The molecule has 5 heteroatoms. The quantitative estimate of drug-likeness (QED) is 0.458. The molecule has 0 N–H and O–H groups in total. The van der Waals surface area contributed by atoms with Gasteiger partial charge in [0.1, 0.15) is 6.26 Å². The highest BCUT2D eigenvalue weighted by atomic mass is 16.5. The number of hydrogen-bond acceptors (Lipinski definition) is 4. The van der Waals surface area contributed by atoms with Crippen LogP contribution >= 0.6 is 0 Å². The molecule has 1 heterocycles. The summed E-state index contributed by atoms with van der Waals surface area (Å²) in [6, 6.07) is 1.63. The topological polar surface area (TPSA) is 54.0 Å².